The van der Waals surface area contributed by atoms with Gasteiger partial charge in [-0.25, -0.2) is 0 Å². The van der Waals surface area contributed by atoms with Crippen LogP contribution in [0.5, 0.6) is 11.5 Å². The molecule has 18 heavy (non-hydrogen) atoms. The Morgan fingerprint density at radius 3 is 2.72 bits per heavy atom. The maximum absolute atomic E-state index is 5.37. The van der Waals surface area contributed by atoms with Crippen molar-refractivity contribution in [2.75, 3.05) is 20.8 Å². The number of hydrogen-bond donors (Lipinski definition) is 1. The summed E-state index contributed by atoms with van der Waals surface area (Å²) >= 11 is 3.54. The second-order valence-electron chi connectivity index (χ2n) is 4.66. The van der Waals surface area contributed by atoms with Gasteiger partial charge in [-0.2, -0.15) is 0 Å². The predicted molar refractivity (Wildman–Crippen MR) is 76.6 cm³/mol. The fraction of sp³-hybridized carbons (Fsp3) is 0.571. The van der Waals surface area contributed by atoms with Gasteiger partial charge in [0.2, 0.25) is 0 Å². The SMILES string of the molecule is COc1cc(CC2CCCCN2)cc(Br)c1OC. The Labute approximate surface area is 117 Å². The molecule has 0 aromatic heterocycles. The van der Waals surface area contributed by atoms with Gasteiger partial charge in [0, 0.05) is 6.04 Å². The van der Waals surface area contributed by atoms with Crippen LogP contribution in [0.15, 0.2) is 16.6 Å². The molecule has 4 heteroatoms. The van der Waals surface area contributed by atoms with Crippen molar-refractivity contribution in [3.63, 3.8) is 0 Å². The topological polar surface area (TPSA) is 30.5 Å². The average Bonchev–Trinajstić information content (AvgIpc) is 2.39. The summed E-state index contributed by atoms with van der Waals surface area (Å²) in [4.78, 5) is 0. The Morgan fingerprint density at radius 1 is 1.28 bits per heavy atom. The largest absolute Gasteiger partial charge is 0.493 e. The molecule has 1 aromatic rings. The van der Waals surface area contributed by atoms with Gasteiger partial charge >= 0.3 is 0 Å². The van der Waals surface area contributed by atoms with Gasteiger partial charge in [-0.15, -0.1) is 0 Å². The lowest BCUT2D eigenvalue weighted by atomic mass is 9.97. The van der Waals surface area contributed by atoms with Crippen molar-refractivity contribution in [3.05, 3.63) is 22.2 Å². The Bertz CT molecular complexity index is 403. The van der Waals surface area contributed by atoms with Crippen LogP contribution in [0.4, 0.5) is 0 Å². The molecule has 1 atom stereocenters. The van der Waals surface area contributed by atoms with Gasteiger partial charge in [0.25, 0.3) is 0 Å². The van der Waals surface area contributed by atoms with Gasteiger partial charge in [0.05, 0.1) is 18.7 Å². The number of piperidine rings is 1. The van der Waals surface area contributed by atoms with Crippen molar-refractivity contribution in [3.8, 4) is 11.5 Å². The molecule has 0 amide bonds. The molecule has 0 saturated carbocycles. The van der Waals surface area contributed by atoms with Crippen LogP contribution >= 0.6 is 15.9 Å². The molecule has 0 aliphatic carbocycles. The van der Waals surface area contributed by atoms with Crippen molar-refractivity contribution in [2.45, 2.75) is 31.7 Å². The second kappa shape index (κ2) is 6.43. The van der Waals surface area contributed by atoms with Crippen LogP contribution < -0.4 is 14.8 Å². The minimum absolute atomic E-state index is 0.587. The minimum atomic E-state index is 0.587. The summed E-state index contributed by atoms with van der Waals surface area (Å²) in [5.41, 5.74) is 1.28. The maximum atomic E-state index is 5.37. The molecule has 0 bridgehead atoms. The molecule has 1 aliphatic heterocycles. The van der Waals surface area contributed by atoms with E-state index in [0.29, 0.717) is 6.04 Å². The van der Waals surface area contributed by atoms with E-state index in [4.69, 9.17) is 9.47 Å². The fourth-order valence-corrected chi connectivity index (χ4v) is 3.12. The minimum Gasteiger partial charge on any atom is -0.493 e. The van der Waals surface area contributed by atoms with Gasteiger partial charge in [0.1, 0.15) is 0 Å². The molecule has 0 spiro atoms. The summed E-state index contributed by atoms with van der Waals surface area (Å²) in [6.45, 7) is 1.14. The first-order valence-electron chi connectivity index (χ1n) is 6.38. The Kier molecular flexibility index (Phi) is 4.89. The Hall–Kier alpha value is -0.740. The molecule has 1 unspecified atom stereocenters. The smallest absolute Gasteiger partial charge is 0.174 e. The molecule has 1 aromatic carbocycles. The van der Waals surface area contributed by atoms with E-state index in [9.17, 15) is 0 Å². The third-order valence-electron chi connectivity index (χ3n) is 3.39. The predicted octanol–water partition coefficient (Wildman–Crippen LogP) is 3.15. The third kappa shape index (κ3) is 3.18. The highest BCUT2D eigenvalue weighted by molar-refractivity contribution is 9.10. The normalized spacial score (nSPS) is 19.6. The van der Waals surface area contributed by atoms with Crippen LogP contribution in [0.2, 0.25) is 0 Å². The molecular formula is C14H20BrNO2. The fourth-order valence-electron chi connectivity index (χ4n) is 2.47. The summed E-state index contributed by atoms with van der Waals surface area (Å²) in [6, 6.07) is 4.78. The van der Waals surface area contributed by atoms with E-state index in [1.54, 1.807) is 14.2 Å². The monoisotopic (exact) mass is 313 g/mol. The van der Waals surface area contributed by atoms with Gasteiger partial charge in [0.15, 0.2) is 11.5 Å². The number of rotatable bonds is 4. The van der Waals surface area contributed by atoms with Gasteiger partial charge in [-0.05, 0) is 59.4 Å². The Balaban J connectivity index is 2.15. The lowest BCUT2D eigenvalue weighted by Crippen LogP contribution is -2.35. The number of methoxy groups -OCH3 is 2. The molecule has 3 nitrogen and oxygen atoms in total. The van der Waals surface area contributed by atoms with E-state index in [1.807, 2.05) is 0 Å². The van der Waals surface area contributed by atoms with E-state index in [1.165, 1.54) is 24.8 Å². The first-order valence-corrected chi connectivity index (χ1v) is 7.17. The molecule has 1 saturated heterocycles. The van der Waals surface area contributed by atoms with Crippen molar-refractivity contribution in [1.82, 2.24) is 5.32 Å². The molecular weight excluding hydrogens is 294 g/mol. The highest BCUT2D eigenvalue weighted by atomic mass is 79.9. The first-order chi connectivity index (χ1) is 8.74. The van der Waals surface area contributed by atoms with Crippen LogP contribution in [-0.4, -0.2) is 26.8 Å². The molecule has 1 heterocycles. The van der Waals surface area contributed by atoms with Crippen LogP contribution in [0.1, 0.15) is 24.8 Å². The van der Waals surface area contributed by atoms with E-state index >= 15 is 0 Å². The number of halogens is 1. The highest BCUT2D eigenvalue weighted by Crippen LogP contribution is 2.36. The molecule has 100 valence electrons. The highest BCUT2D eigenvalue weighted by Gasteiger charge is 2.16. The van der Waals surface area contributed by atoms with Crippen molar-refractivity contribution < 1.29 is 9.47 Å². The standard InChI is InChI=1S/C14H20BrNO2/c1-17-13-9-10(8-12(15)14(13)18-2)7-11-5-3-4-6-16-11/h8-9,11,16H,3-7H2,1-2H3. The summed E-state index contributed by atoms with van der Waals surface area (Å²) in [5.74, 6) is 1.55. The van der Waals surface area contributed by atoms with Gasteiger partial charge < -0.3 is 14.8 Å². The molecule has 1 aliphatic rings. The lowest BCUT2D eigenvalue weighted by Gasteiger charge is -2.24. The van der Waals surface area contributed by atoms with E-state index in [-0.39, 0.29) is 0 Å². The van der Waals surface area contributed by atoms with Gasteiger partial charge in [-0.3, -0.25) is 0 Å². The van der Waals surface area contributed by atoms with Crippen LogP contribution in [0.25, 0.3) is 0 Å². The average molecular weight is 314 g/mol. The summed E-state index contributed by atoms with van der Waals surface area (Å²) in [6.07, 6.45) is 4.92. The maximum Gasteiger partial charge on any atom is 0.174 e. The summed E-state index contributed by atoms with van der Waals surface area (Å²) < 4.78 is 11.6. The first kappa shape index (κ1) is 13.7. The lowest BCUT2D eigenvalue weighted by molar-refractivity contribution is 0.351. The zero-order valence-electron chi connectivity index (χ0n) is 11.0. The molecule has 2 rings (SSSR count). The second-order valence-corrected chi connectivity index (χ2v) is 5.52. The molecule has 1 N–H and O–H groups in total. The molecule has 1 fully saturated rings. The third-order valence-corrected chi connectivity index (χ3v) is 3.98. The summed E-state index contributed by atoms with van der Waals surface area (Å²) in [5, 5.41) is 3.57. The number of ether oxygens (including phenoxy) is 2. The number of benzene rings is 1. The summed E-state index contributed by atoms with van der Waals surface area (Å²) in [7, 11) is 3.33. The number of nitrogens with one attached hydrogen (secondary N) is 1. The van der Waals surface area contributed by atoms with E-state index in [0.717, 1.165) is 28.9 Å². The van der Waals surface area contributed by atoms with E-state index < -0.39 is 0 Å². The zero-order valence-corrected chi connectivity index (χ0v) is 12.5. The Morgan fingerprint density at radius 2 is 2.11 bits per heavy atom. The van der Waals surface area contributed by atoms with Crippen LogP contribution in [-0.2, 0) is 6.42 Å². The zero-order chi connectivity index (χ0) is 13.0. The van der Waals surface area contributed by atoms with Crippen LogP contribution in [0, 0.1) is 0 Å². The van der Waals surface area contributed by atoms with Crippen molar-refractivity contribution >= 4 is 15.9 Å². The van der Waals surface area contributed by atoms with Crippen molar-refractivity contribution in [2.24, 2.45) is 0 Å². The van der Waals surface area contributed by atoms with Crippen molar-refractivity contribution in [1.29, 1.82) is 0 Å². The van der Waals surface area contributed by atoms with E-state index in [2.05, 4.69) is 33.4 Å². The number of hydrogen-bond acceptors (Lipinski definition) is 3. The van der Waals surface area contributed by atoms with Crippen LogP contribution in [0.3, 0.4) is 0 Å². The molecule has 0 radical (unpaired) electrons. The van der Waals surface area contributed by atoms with Gasteiger partial charge in [-0.1, -0.05) is 6.42 Å². The quantitative estimate of drug-likeness (QED) is 0.926.